The molecule has 7 atom stereocenters. The molecule has 2 N–H and O–H groups in total. The van der Waals surface area contributed by atoms with Gasteiger partial charge in [-0.25, -0.2) is 4.39 Å². The molecule has 0 bridgehead atoms. The number of anilines is 1. The number of nitrogens with zero attached hydrogens (tertiary/aromatic N) is 5. The Morgan fingerprint density at radius 2 is 2.07 bits per heavy atom. The lowest BCUT2D eigenvalue weighted by Gasteiger charge is -2.54. The van der Waals surface area contributed by atoms with E-state index in [0.29, 0.717) is 50.8 Å². The molecule has 0 radical (unpaired) electrons. The van der Waals surface area contributed by atoms with Crippen molar-refractivity contribution >= 4 is 17.5 Å². The van der Waals surface area contributed by atoms with E-state index in [4.69, 9.17) is 4.74 Å². The minimum Gasteiger partial charge on any atom is -0.348 e. The van der Waals surface area contributed by atoms with Gasteiger partial charge in [0.1, 0.15) is 5.82 Å². The molecule has 4 heterocycles. The van der Waals surface area contributed by atoms with E-state index in [1.807, 2.05) is 6.07 Å². The first kappa shape index (κ1) is 29.2. The number of hydrogen-bond donors (Lipinski definition) is 2. The first-order chi connectivity index (χ1) is 20.3. The molecule has 1 spiro atoms. The van der Waals surface area contributed by atoms with Crippen LogP contribution in [0.2, 0.25) is 0 Å². The summed E-state index contributed by atoms with van der Waals surface area (Å²) in [7, 11) is 3.80. The average molecular weight is 580 g/mol. The van der Waals surface area contributed by atoms with Crippen molar-refractivity contribution in [1.29, 1.82) is 5.26 Å². The summed E-state index contributed by atoms with van der Waals surface area (Å²) >= 11 is 0. The number of amides is 2. The fourth-order valence-electron chi connectivity index (χ4n) is 8.23. The first-order valence-electron chi connectivity index (χ1n) is 15.2. The largest absolute Gasteiger partial charge is 0.348 e. The highest BCUT2D eigenvalue weighted by Gasteiger charge is 2.57. The van der Waals surface area contributed by atoms with Gasteiger partial charge < -0.3 is 19.4 Å². The zero-order chi connectivity index (χ0) is 29.6. The van der Waals surface area contributed by atoms with Crippen molar-refractivity contribution < 1.29 is 18.7 Å². The van der Waals surface area contributed by atoms with Crippen LogP contribution in [0, 0.1) is 23.1 Å². The Kier molecular flexibility index (Phi) is 8.11. The van der Waals surface area contributed by atoms with Crippen LogP contribution >= 0.6 is 0 Å². The van der Waals surface area contributed by atoms with Gasteiger partial charge in [0.2, 0.25) is 11.8 Å². The maximum absolute atomic E-state index is 14.9. The van der Waals surface area contributed by atoms with Gasteiger partial charge in [0.25, 0.3) is 0 Å². The fourth-order valence-corrected chi connectivity index (χ4v) is 8.23. The van der Waals surface area contributed by atoms with Crippen LogP contribution in [0.25, 0.3) is 0 Å². The summed E-state index contributed by atoms with van der Waals surface area (Å²) in [6, 6.07) is 7.37. The Labute approximate surface area is 247 Å². The number of benzene rings is 1. The van der Waals surface area contributed by atoms with Crippen molar-refractivity contribution in [2.75, 3.05) is 51.8 Å². The van der Waals surface area contributed by atoms with Gasteiger partial charge in [-0.05, 0) is 63.4 Å². The van der Waals surface area contributed by atoms with Crippen LogP contribution in [0.4, 0.5) is 10.1 Å². The normalized spacial score (nSPS) is 35.2. The molecule has 3 saturated heterocycles. The summed E-state index contributed by atoms with van der Waals surface area (Å²) in [5.74, 6) is -0.406. The molecule has 1 saturated carbocycles. The second-order valence-corrected chi connectivity index (χ2v) is 12.6. The predicted molar refractivity (Wildman–Crippen MR) is 156 cm³/mol. The molecule has 4 aliphatic heterocycles. The van der Waals surface area contributed by atoms with Gasteiger partial charge in [-0.3, -0.25) is 25.1 Å². The van der Waals surface area contributed by atoms with Crippen LogP contribution < -0.4 is 15.5 Å². The number of ether oxygens (including phenoxy) is 1. The number of carbonyl (C=O) groups excluding carboxylic acids is 2. The minimum absolute atomic E-state index is 0.0476. The molecule has 0 aromatic heterocycles. The van der Waals surface area contributed by atoms with Crippen molar-refractivity contribution in [3.05, 3.63) is 42.2 Å². The lowest BCUT2D eigenvalue weighted by atomic mass is 9.63. The SMILES string of the molecule is C=CC(=O)N1CCN(C2NC(OC[C@H]3CCCN3C)NC3C[C@]4(CCC32)C(=O)N(C)c2c(F)cccc24)C[C@H]1CC#N. The maximum Gasteiger partial charge on any atom is 0.246 e. The number of piperazine rings is 1. The number of nitriles is 1. The minimum atomic E-state index is -0.781. The topological polar surface area (TPSA) is 104 Å². The van der Waals surface area contributed by atoms with Crippen LogP contribution in [0.5, 0.6) is 0 Å². The molecule has 1 aromatic rings. The van der Waals surface area contributed by atoms with E-state index in [2.05, 4.69) is 40.1 Å². The standard InChI is InChI=1S/C31H42FN7O3/c1-4-26(40)39-16-15-38(18-20(39)11-13-33)28-22-10-12-31(23-8-5-9-24(32)27(23)37(3)29(31)41)17-25(22)34-30(35-28)42-19-21-7-6-14-36(21)2/h4-5,8-9,20-22,25,28,30,34-35H,1,6-7,10-12,14-19H2,2-3H3/t20-,21-,22?,25?,28?,30?,31+/m1/s1. The molecule has 6 rings (SSSR count). The predicted octanol–water partition coefficient (Wildman–Crippen LogP) is 1.73. The zero-order valence-corrected chi connectivity index (χ0v) is 24.6. The molecule has 1 aromatic carbocycles. The van der Waals surface area contributed by atoms with Crippen LogP contribution in [-0.2, 0) is 19.7 Å². The van der Waals surface area contributed by atoms with E-state index in [-0.39, 0.29) is 48.2 Å². The summed E-state index contributed by atoms with van der Waals surface area (Å²) in [5.41, 5.74) is 0.392. The van der Waals surface area contributed by atoms with Crippen molar-refractivity contribution in [1.82, 2.24) is 25.3 Å². The Hall–Kier alpha value is -2.88. The van der Waals surface area contributed by atoms with E-state index in [1.165, 1.54) is 17.0 Å². The van der Waals surface area contributed by atoms with Gasteiger partial charge in [-0.2, -0.15) is 5.26 Å². The molecule has 10 nitrogen and oxygen atoms in total. The number of carbonyl (C=O) groups is 2. The van der Waals surface area contributed by atoms with E-state index in [1.54, 1.807) is 18.0 Å². The average Bonchev–Trinajstić information content (AvgIpc) is 3.50. The third kappa shape index (κ3) is 4.93. The number of nitrogens with one attached hydrogen (secondary N) is 2. The Balaban J connectivity index is 1.27. The lowest BCUT2D eigenvalue weighted by molar-refractivity contribution is -0.137. The number of halogens is 1. The molecule has 4 unspecified atom stereocenters. The first-order valence-corrected chi connectivity index (χ1v) is 15.2. The molecule has 4 fully saturated rings. The van der Waals surface area contributed by atoms with Crippen molar-refractivity contribution in [3.8, 4) is 6.07 Å². The zero-order valence-electron chi connectivity index (χ0n) is 24.6. The summed E-state index contributed by atoms with van der Waals surface area (Å²) in [6.45, 7) is 7.03. The second kappa shape index (κ2) is 11.7. The van der Waals surface area contributed by atoms with Gasteiger partial charge in [-0.1, -0.05) is 18.7 Å². The van der Waals surface area contributed by atoms with Gasteiger partial charge in [0.05, 0.1) is 42.4 Å². The van der Waals surface area contributed by atoms with Gasteiger partial charge in [0, 0.05) is 44.7 Å². The smallest absolute Gasteiger partial charge is 0.246 e. The molecular formula is C31H42FN7O3. The maximum atomic E-state index is 14.9. The summed E-state index contributed by atoms with van der Waals surface area (Å²) in [4.78, 5) is 34.3. The number of fused-ring (bicyclic) bond motifs is 3. The molecule has 42 heavy (non-hydrogen) atoms. The molecular weight excluding hydrogens is 537 g/mol. The van der Waals surface area contributed by atoms with Gasteiger partial charge in [-0.15, -0.1) is 0 Å². The fraction of sp³-hybridized carbons (Fsp3) is 0.645. The van der Waals surface area contributed by atoms with Crippen molar-refractivity contribution in [2.24, 2.45) is 5.92 Å². The van der Waals surface area contributed by atoms with Crippen LogP contribution in [0.3, 0.4) is 0 Å². The van der Waals surface area contributed by atoms with E-state index >= 15 is 0 Å². The third-order valence-electron chi connectivity index (χ3n) is 10.5. The molecule has 226 valence electrons. The van der Waals surface area contributed by atoms with E-state index in [9.17, 15) is 19.2 Å². The van der Waals surface area contributed by atoms with Crippen molar-refractivity contribution in [2.45, 2.75) is 74.6 Å². The number of hydrogen-bond acceptors (Lipinski definition) is 8. The Morgan fingerprint density at radius 1 is 1.24 bits per heavy atom. The number of para-hydroxylation sites is 1. The molecule has 5 aliphatic rings. The summed E-state index contributed by atoms with van der Waals surface area (Å²) < 4.78 is 21.4. The van der Waals surface area contributed by atoms with Crippen LogP contribution in [-0.4, -0.2) is 104 Å². The van der Waals surface area contributed by atoms with E-state index < -0.39 is 11.8 Å². The Bertz CT molecular complexity index is 1270. The number of rotatable bonds is 6. The van der Waals surface area contributed by atoms with Gasteiger partial charge >= 0.3 is 0 Å². The van der Waals surface area contributed by atoms with Crippen molar-refractivity contribution in [3.63, 3.8) is 0 Å². The molecule has 2 amide bonds. The van der Waals surface area contributed by atoms with Crippen LogP contribution in [0.1, 0.15) is 44.1 Å². The summed E-state index contributed by atoms with van der Waals surface area (Å²) in [5, 5.41) is 16.9. The summed E-state index contributed by atoms with van der Waals surface area (Å²) in [6.07, 6.45) is 5.27. The second-order valence-electron chi connectivity index (χ2n) is 12.6. The highest BCUT2D eigenvalue weighted by Crippen LogP contribution is 2.52. The lowest BCUT2D eigenvalue weighted by Crippen LogP contribution is -2.73. The van der Waals surface area contributed by atoms with Gasteiger partial charge in [0.15, 0.2) is 6.35 Å². The van der Waals surface area contributed by atoms with E-state index in [0.717, 1.165) is 31.4 Å². The molecule has 1 aliphatic carbocycles. The highest BCUT2D eigenvalue weighted by atomic mass is 19.1. The number of likely N-dealkylation sites (N-methyl/N-ethyl adjacent to an activating group) is 2. The molecule has 11 heteroatoms. The number of likely N-dealkylation sites (tertiary alicyclic amines) is 1. The van der Waals surface area contributed by atoms with Crippen LogP contribution in [0.15, 0.2) is 30.9 Å². The highest BCUT2D eigenvalue weighted by molar-refractivity contribution is 6.08. The third-order valence-corrected chi connectivity index (χ3v) is 10.5. The Morgan fingerprint density at radius 3 is 2.81 bits per heavy atom. The monoisotopic (exact) mass is 579 g/mol. The quantitative estimate of drug-likeness (QED) is 0.492.